The highest BCUT2D eigenvalue weighted by Crippen LogP contribution is 2.68. The summed E-state index contributed by atoms with van der Waals surface area (Å²) in [5.74, 6) is 0.654. The lowest BCUT2D eigenvalue weighted by molar-refractivity contribution is -0.212. The molecule has 3 nitrogen and oxygen atoms in total. The average molecular weight is 252 g/mol. The van der Waals surface area contributed by atoms with Crippen LogP contribution in [-0.2, 0) is 9.53 Å². The molecule has 0 spiro atoms. The summed E-state index contributed by atoms with van der Waals surface area (Å²) in [6.45, 7) is 4.30. The zero-order valence-corrected chi connectivity index (χ0v) is 11.7. The van der Waals surface area contributed by atoms with Crippen LogP contribution in [0.1, 0.15) is 52.4 Å². The van der Waals surface area contributed by atoms with E-state index in [1.165, 1.54) is 19.3 Å². The summed E-state index contributed by atoms with van der Waals surface area (Å²) in [4.78, 5) is 11.8. The van der Waals surface area contributed by atoms with Gasteiger partial charge in [0.25, 0.3) is 0 Å². The fraction of sp³-hybridized carbons (Fsp3) is 0.933. The monoisotopic (exact) mass is 252 g/mol. The Morgan fingerprint density at radius 2 is 1.78 bits per heavy atom. The van der Waals surface area contributed by atoms with E-state index in [4.69, 9.17) is 4.74 Å². The zero-order chi connectivity index (χ0) is 13.2. The molecule has 4 bridgehead atoms. The average Bonchev–Trinajstić information content (AvgIpc) is 2.26. The van der Waals surface area contributed by atoms with Crippen LogP contribution in [0, 0.1) is 22.7 Å². The minimum absolute atomic E-state index is 0.0875. The van der Waals surface area contributed by atoms with Crippen LogP contribution in [0.5, 0.6) is 0 Å². The topological polar surface area (TPSA) is 46.5 Å². The molecule has 102 valence electrons. The van der Waals surface area contributed by atoms with Crippen molar-refractivity contribution in [3.8, 4) is 0 Å². The number of hydrogen-bond donors (Lipinski definition) is 1. The third kappa shape index (κ3) is 1.43. The van der Waals surface area contributed by atoms with E-state index in [9.17, 15) is 9.90 Å². The Morgan fingerprint density at radius 1 is 1.22 bits per heavy atom. The number of methoxy groups -OCH3 is 1. The molecule has 0 aromatic carbocycles. The standard InChI is InChI=1S/C15H24O3/c1-13(2,18-3)15-7-10-4-11(8-15)6-14(5-10,9-15)12(16)17/h10-11H,4-9H2,1-3H3,(H,16,17)/t10-,11+,14?,15?. The molecule has 4 fully saturated rings. The molecule has 0 saturated heterocycles. The molecule has 0 amide bonds. The summed E-state index contributed by atoms with van der Waals surface area (Å²) in [6, 6.07) is 0. The number of ether oxygens (including phenoxy) is 1. The number of rotatable bonds is 3. The van der Waals surface area contributed by atoms with Gasteiger partial charge in [0.15, 0.2) is 0 Å². The van der Waals surface area contributed by atoms with Crippen molar-refractivity contribution in [3.63, 3.8) is 0 Å². The van der Waals surface area contributed by atoms with Gasteiger partial charge >= 0.3 is 5.97 Å². The van der Waals surface area contributed by atoms with Crippen LogP contribution in [0.4, 0.5) is 0 Å². The summed E-state index contributed by atoms with van der Waals surface area (Å²) in [7, 11) is 1.77. The third-order valence-corrected chi connectivity index (χ3v) is 6.30. The molecule has 3 heteroatoms. The minimum Gasteiger partial charge on any atom is -0.481 e. The van der Waals surface area contributed by atoms with E-state index in [-0.39, 0.29) is 11.0 Å². The second kappa shape index (κ2) is 3.50. The molecule has 0 radical (unpaired) electrons. The van der Waals surface area contributed by atoms with E-state index in [2.05, 4.69) is 13.8 Å². The van der Waals surface area contributed by atoms with E-state index in [0.717, 1.165) is 19.3 Å². The Morgan fingerprint density at radius 3 is 2.22 bits per heavy atom. The Balaban J connectivity index is 2.02. The van der Waals surface area contributed by atoms with Crippen LogP contribution in [0.3, 0.4) is 0 Å². The van der Waals surface area contributed by atoms with Gasteiger partial charge in [-0.2, -0.15) is 0 Å². The van der Waals surface area contributed by atoms with Crippen molar-refractivity contribution < 1.29 is 14.6 Å². The second-order valence-electron chi connectivity index (χ2n) is 7.54. The van der Waals surface area contributed by atoms with Gasteiger partial charge in [-0.25, -0.2) is 0 Å². The fourth-order valence-electron chi connectivity index (χ4n) is 5.43. The van der Waals surface area contributed by atoms with Gasteiger partial charge in [0.1, 0.15) is 0 Å². The lowest BCUT2D eigenvalue weighted by atomic mass is 9.41. The van der Waals surface area contributed by atoms with Gasteiger partial charge < -0.3 is 9.84 Å². The summed E-state index contributed by atoms with van der Waals surface area (Å²) in [5, 5.41) is 9.69. The van der Waals surface area contributed by atoms with Crippen LogP contribution in [0.25, 0.3) is 0 Å². The van der Waals surface area contributed by atoms with E-state index < -0.39 is 11.4 Å². The first kappa shape index (κ1) is 12.5. The van der Waals surface area contributed by atoms with Crippen LogP contribution in [-0.4, -0.2) is 23.8 Å². The van der Waals surface area contributed by atoms with Crippen molar-refractivity contribution in [3.05, 3.63) is 0 Å². The Labute approximate surface area is 109 Å². The predicted octanol–water partition coefficient (Wildman–Crippen LogP) is 3.08. The van der Waals surface area contributed by atoms with Gasteiger partial charge in [0.2, 0.25) is 0 Å². The summed E-state index contributed by atoms with van der Waals surface area (Å²) in [5.41, 5.74) is -0.560. The molecular formula is C15H24O3. The fourth-order valence-corrected chi connectivity index (χ4v) is 5.43. The molecule has 4 aliphatic carbocycles. The van der Waals surface area contributed by atoms with Crippen LogP contribution in [0.2, 0.25) is 0 Å². The van der Waals surface area contributed by atoms with Crippen molar-refractivity contribution in [2.45, 2.75) is 58.0 Å². The molecule has 1 N–H and O–H groups in total. The van der Waals surface area contributed by atoms with Gasteiger partial charge in [-0.05, 0) is 64.2 Å². The molecule has 0 aliphatic heterocycles. The first-order valence-electron chi connectivity index (χ1n) is 7.11. The van der Waals surface area contributed by atoms with Crippen molar-refractivity contribution >= 4 is 5.97 Å². The first-order chi connectivity index (χ1) is 8.32. The predicted molar refractivity (Wildman–Crippen MR) is 68.3 cm³/mol. The van der Waals surface area contributed by atoms with E-state index >= 15 is 0 Å². The molecule has 18 heavy (non-hydrogen) atoms. The van der Waals surface area contributed by atoms with Gasteiger partial charge in [0.05, 0.1) is 11.0 Å². The van der Waals surface area contributed by atoms with Crippen LogP contribution in [0.15, 0.2) is 0 Å². The lowest BCUT2D eigenvalue weighted by Crippen LogP contribution is -2.61. The smallest absolute Gasteiger partial charge is 0.309 e. The Bertz CT molecular complexity index is 371. The van der Waals surface area contributed by atoms with Crippen molar-refractivity contribution in [2.24, 2.45) is 22.7 Å². The number of carboxylic acids is 1. The summed E-state index contributed by atoms with van der Waals surface area (Å²) >= 11 is 0. The number of carbonyl (C=O) groups is 1. The SMILES string of the molecule is COC(C)(C)C12C[C@@H]3C[C@@H](CC(C(=O)O)(C3)C1)C2. The normalized spacial score (nSPS) is 46.4. The molecule has 2 unspecified atom stereocenters. The van der Waals surface area contributed by atoms with Gasteiger partial charge in [0, 0.05) is 12.5 Å². The molecule has 0 heterocycles. The zero-order valence-electron chi connectivity index (χ0n) is 11.7. The maximum Gasteiger partial charge on any atom is 0.309 e. The highest BCUT2D eigenvalue weighted by atomic mass is 16.5. The quantitative estimate of drug-likeness (QED) is 0.839. The number of aliphatic carboxylic acids is 1. The molecule has 4 aliphatic rings. The van der Waals surface area contributed by atoms with Crippen molar-refractivity contribution in [2.75, 3.05) is 7.11 Å². The molecule has 0 aromatic heterocycles. The highest BCUT2D eigenvalue weighted by molar-refractivity contribution is 5.75. The number of carboxylic acid groups (broad SMARTS) is 1. The van der Waals surface area contributed by atoms with Crippen LogP contribution >= 0.6 is 0 Å². The number of hydrogen-bond acceptors (Lipinski definition) is 2. The van der Waals surface area contributed by atoms with E-state index in [1.54, 1.807) is 7.11 Å². The molecule has 4 atom stereocenters. The van der Waals surface area contributed by atoms with Gasteiger partial charge in [-0.1, -0.05) is 0 Å². The highest BCUT2D eigenvalue weighted by Gasteiger charge is 2.64. The van der Waals surface area contributed by atoms with Gasteiger partial charge in [-0.3, -0.25) is 4.79 Å². The van der Waals surface area contributed by atoms with Crippen molar-refractivity contribution in [1.29, 1.82) is 0 Å². The molecule has 0 aromatic rings. The van der Waals surface area contributed by atoms with Crippen molar-refractivity contribution in [1.82, 2.24) is 0 Å². The Kier molecular flexibility index (Phi) is 2.42. The lowest BCUT2D eigenvalue weighted by Gasteiger charge is -2.64. The second-order valence-corrected chi connectivity index (χ2v) is 7.54. The maximum absolute atomic E-state index is 11.8. The minimum atomic E-state index is -0.562. The first-order valence-corrected chi connectivity index (χ1v) is 7.11. The largest absolute Gasteiger partial charge is 0.481 e. The van der Waals surface area contributed by atoms with E-state index in [0.29, 0.717) is 11.8 Å². The maximum atomic E-state index is 11.8. The molecule has 4 saturated carbocycles. The van der Waals surface area contributed by atoms with Gasteiger partial charge in [-0.15, -0.1) is 0 Å². The van der Waals surface area contributed by atoms with Crippen LogP contribution < -0.4 is 0 Å². The molecular weight excluding hydrogens is 228 g/mol. The van der Waals surface area contributed by atoms with E-state index in [1.807, 2.05) is 0 Å². The Hall–Kier alpha value is -0.570. The summed E-state index contributed by atoms with van der Waals surface area (Å²) < 4.78 is 5.75. The summed E-state index contributed by atoms with van der Waals surface area (Å²) in [6.07, 6.45) is 6.21. The molecule has 4 rings (SSSR count). The third-order valence-electron chi connectivity index (χ3n) is 6.30.